The van der Waals surface area contributed by atoms with Gasteiger partial charge in [-0.15, -0.1) is 0 Å². The third kappa shape index (κ3) is 5.38. The van der Waals surface area contributed by atoms with Crippen LogP contribution < -0.4 is 5.32 Å². The maximum absolute atomic E-state index is 11.9. The number of hydrogen-bond acceptors (Lipinski definition) is 3. The van der Waals surface area contributed by atoms with Gasteiger partial charge in [0.05, 0.1) is 5.54 Å². The maximum atomic E-state index is 11.9. The van der Waals surface area contributed by atoms with E-state index in [1.54, 1.807) is 0 Å². The van der Waals surface area contributed by atoms with Crippen molar-refractivity contribution in [2.75, 3.05) is 13.6 Å². The zero-order valence-electron chi connectivity index (χ0n) is 13.5. The summed E-state index contributed by atoms with van der Waals surface area (Å²) >= 11 is 0. The Balaban J connectivity index is 1.83. The van der Waals surface area contributed by atoms with E-state index in [2.05, 4.69) is 41.5 Å². The van der Waals surface area contributed by atoms with Crippen LogP contribution in [0.3, 0.4) is 0 Å². The Bertz CT molecular complexity index is 475. The number of likely N-dealkylation sites (N-methyl/N-ethyl adjacent to an activating group) is 1. The van der Waals surface area contributed by atoms with Crippen LogP contribution in [0, 0.1) is 0 Å². The zero-order valence-corrected chi connectivity index (χ0v) is 13.5. The molecule has 0 atom stereocenters. The van der Waals surface area contributed by atoms with E-state index >= 15 is 0 Å². The van der Waals surface area contributed by atoms with Crippen molar-refractivity contribution in [3.8, 4) is 0 Å². The third-order valence-corrected chi connectivity index (χ3v) is 3.49. The number of carbonyl (C=O) groups is 1. The molecule has 1 aliphatic rings. The van der Waals surface area contributed by atoms with Gasteiger partial charge in [-0.25, -0.2) is 4.79 Å². The van der Waals surface area contributed by atoms with Crippen LogP contribution in [0.25, 0.3) is 0 Å². The fourth-order valence-corrected chi connectivity index (χ4v) is 2.46. The monoisotopic (exact) mass is 290 g/mol. The molecule has 21 heavy (non-hydrogen) atoms. The van der Waals surface area contributed by atoms with Gasteiger partial charge in [0.1, 0.15) is 5.60 Å². The van der Waals surface area contributed by atoms with Crippen LogP contribution in [0.2, 0.25) is 0 Å². The highest BCUT2D eigenvalue weighted by Gasteiger charge is 2.45. The fourth-order valence-electron chi connectivity index (χ4n) is 2.46. The molecule has 0 unspecified atom stereocenters. The van der Waals surface area contributed by atoms with E-state index in [9.17, 15) is 4.79 Å². The molecule has 0 heterocycles. The molecule has 0 saturated heterocycles. The van der Waals surface area contributed by atoms with Crippen molar-refractivity contribution in [3.63, 3.8) is 0 Å². The number of carbonyl (C=O) groups excluding carboxylic acids is 1. The summed E-state index contributed by atoms with van der Waals surface area (Å²) < 4.78 is 5.34. The van der Waals surface area contributed by atoms with Crippen molar-refractivity contribution < 1.29 is 9.53 Å². The minimum absolute atomic E-state index is 0.105. The van der Waals surface area contributed by atoms with Crippen LogP contribution in [0.5, 0.6) is 0 Å². The van der Waals surface area contributed by atoms with Gasteiger partial charge in [0.15, 0.2) is 0 Å². The van der Waals surface area contributed by atoms with E-state index in [-0.39, 0.29) is 11.6 Å². The number of alkyl carbamates (subject to hydrolysis) is 1. The summed E-state index contributed by atoms with van der Waals surface area (Å²) in [7, 11) is 2.09. The molecular weight excluding hydrogens is 264 g/mol. The molecule has 4 heteroatoms. The molecule has 0 radical (unpaired) electrons. The predicted octanol–water partition coefficient (Wildman–Crippen LogP) is 3.18. The van der Waals surface area contributed by atoms with Gasteiger partial charge in [-0.3, -0.25) is 4.90 Å². The molecule has 1 aromatic rings. The smallest absolute Gasteiger partial charge is 0.408 e. The van der Waals surface area contributed by atoms with E-state index in [1.807, 2.05) is 26.8 Å². The molecule has 1 saturated carbocycles. The van der Waals surface area contributed by atoms with E-state index < -0.39 is 5.60 Å². The summed E-state index contributed by atoms with van der Waals surface area (Å²) in [6, 6.07) is 10.4. The SMILES string of the molecule is CN(Cc1ccccc1)CC1(NC(=O)OC(C)(C)C)CC1. The van der Waals surface area contributed by atoms with E-state index in [1.165, 1.54) is 5.56 Å². The first kappa shape index (κ1) is 15.8. The maximum Gasteiger partial charge on any atom is 0.408 e. The van der Waals surface area contributed by atoms with Gasteiger partial charge in [-0.1, -0.05) is 30.3 Å². The molecule has 116 valence electrons. The molecule has 1 aliphatic carbocycles. The van der Waals surface area contributed by atoms with Gasteiger partial charge in [0.2, 0.25) is 0 Å². The van der Waals surface area contributed by atoms with Crippen molar-refractivity contribution in [3.05, 3.63) is 35.9 Å². The Labute approximate surface area is 127 Å². The topological polar surface area (TPSA) is 41.6 Å². The number of rotatable bonds is 5. The Kier molecular flexibility index (Phi) is 4.57. The second-order valence-electron chi connectivity index (χ2n) is 7.07. The van der Waals surface area contributed by atoms with E-state index in [0.29, 0.717) is 0 Å². The molecule has 1 amide bonds. The van der Waals surface area contributed by atoms with Crippen LogP contribution in [0.1, 0.15) is 39.2 Å². The fraction of sp³-hybridized carbons (Fsp3) is 0.588. The van der Waals surface area contributed by atoms with Crippen LogP contribution in [0.4, 0.5) is 4.79 Å². The lowest BCUT2D eigenvalue weighted by Gasteiger charge is -2.27. The summed E-state index contributed by atoms with van der Waals surface area (Å²) in [6.45, 7) is 7.38. The number of nitrogens with zero attached hydrogens (tertiary/aromatic N) is 1. The molecule has 2 rings (SSSR count). The first-order chi connectivity index (χ1) is 9.78. The van der Waals surface area contributed by atoms with Crippen LogP contribution >= 0.6 is 0 Å². The standard InChI is InChI=1S/C17H26N2O2/c1-16(2,3)21-15(20)18-17(10-11-17)13-19(4)12-14-8-6-5-7-9-14/h5-9H,10-13H2,1-4H3,(H,18,20). The molecular formula is C17H26N2O2. The molecule has 1 aromatic carbocycles. The highest BCUT2D eigenvalue weighted by atomic mass is 16.6. The lowest BCUT2D eigenvalue weighted by molar-refractivity contribution is 0.0484. The molecule has 1 N–H and O–H groups in total. The molecule has 4 nitrogen and oxygen atoms in total. The van der Waals surface area contributed by atoms with Crippen molar-refractivity contribution in [1.29, 1.82) is 0 Å². The Morgan fingerprint density at radius 1 is 1.29 bits per heavy atom. The highest BCUT2D eigenvalue weighted by molar-refractivity contribution is 5.69. The van der Waals surface area contributed by atoms with Crippen LogP contribution in [-0.4, -0.2) is 35.7 Å². The molecule has 0 aliphatic heterocycles. The second-order valence-corrected chi connectivity index (χ2v) is 7.07. The molecule has 0 aromatic heterocycles. The van der Waals surface area contributed by atoms with Gasteiger partial charge in [0.25, 0.3) is 0 Å². The predicted molar refractivity (Wildman–Crippen MR) is 84.1 cm³/mol. The zero-order chi connectivity index (χ0) is 15.5. The van der Waals surface area contributed by atoms with Gasteiger partial charge in [-0.05, 0) is 46.2 Å². The summed E-state index contributed by atoms with van der Waals surface area (Å²) in [5, 5.41) is 3.04. The third-order valence-electron chi connectivity index (χ3n) is 3.49. The summed E-state index contributed by atoms with van der Waals surface area (Å²) in [5.41, 5.74) is 0.732. The van der Waals surface area contributed by atoms with E-state index in [0.717, 1.165) is 25.9 Å². The molecule has 1 fully saturated rings. The average molecular weight is 290 g/mol. The summed E-state index contributed by atoms with van der Waals surface area (Å²) in [5.74, 6) is 0. The van der Waals surface area contributed by atoms with Crippen LogP contribution in [0.15, 0.2) is 30.3 Å². The molecule has 0 spiro atoms. The lowest BCUT2D eigenvalue weighted by atomic mass is 10.2. The quantitative estimate of drug-likeness (QED) is 0.905. The van der Waals surface area contributed by atoms with Crippen molar-refractivity contribution in [2.45, 2.75) is 51.3 Å². The first-order valence-corrected chi connectivity index (χ1v) is 7.52. The number of amides is 1. The average Bonchev–Trinajstić information content (AvgIpc) is 3.06. The Hall–Kier alpha value is -1.55. The summed E-state index contributed by atoms with van der Waals surface area (Å²) in [6.07, 6.45) is 1.73. The minimum Gasteiger partial charge on any atom is -0.444 e. The van der Waals surface area contributed by atoms with Crippen molar-refractivity contribution in [2.24, 2.45) is 0 Å². The normalized spacial score (nSPS) is 16.6. The van der Waals surface area contributed by atoms with Gasteiger partial charge < -0.3 is 10.1 Å². The lowest BCUT2D eigenvalue weighted by Crippen LogP contribution is -2.46. The largest absolute Gasteiger partial charge is 0.444 e. The number of nitrogens with one attached hydrogen (secondary N) is 1. The van der Waals surface area contributed by atoms with E-state index in [4.69, 9.17) is 4.74 Å². The number of ether oxygens (including phenoxy) is 1. The van der Waals surface area contributed by atoms with Gasteiger partial charge >= 0.3 is 6.09 Å². The Morgan fingerprint density at radius 2 is 1.90 bits per heavy atom. The highest BCUT2D eigenvalue weighted by Crippen LogP contribution is 2.36. The van der Waals surface area contributed by atoms with Gasteiger partial charge in [-0.2, -0.15) is 0 Å². The minimum atomic E-state index is -0.448. The second kappa shape index (κ2) is 6.06. The van der Waals surface area contributed by atoms with Gasteiger partial charge in [0, 0.05) is 13.1 Å². The number of benzene rings is 1. The molecule has 0 bridgehead atoms. The Morgan fingerprint density at radius 3 is 2.43 bits per heavy atom. The van der Waals surface area contributed by atoms with Crippen molar-refractivity contribution >= 4 is 6.09 Å². The summed E-state index contributed by atoms with van der Waals surface area (Å²) in [4.78, 5) is 14.2. The van der Waals surface area contributed by atoms with Crippen molar-refractivity contribution in [1.82, 2.24) is 10.2 Å². The first-order valence-electron chi connectivity index (χ1n) is 7.52. The number of hydrogen-bond donors (Lipinski definition) is 1. The van der Waals surface area contributed by atoms with Crippen LogP contribution in [-0.2, 0) is 11.3 Å².